The Bertz CT molecular complexity index is 397. The highest BCUT2D eigenvalue weighted by atomic mass is 16.7. The van der Waals surface area contributed by atoms with Crippen molar-refractivity contribution < 1.29 is 29.6 Å². The zero-order chi connectivity index (χ0) is 13.1. The average molecular weight is 242 g/mol. The topological polar surface area (TPSA) is 96.2 Å². The molecule has 1 aliphatic rings. The van der Waals surface area contributed by atoms with Crippen LogP contribution in [0, 0.1) is 0 Å². The molecule has 0 saturated heterocycles. The number of carbonyl (C=O) groups is 1. The number of hydrogen-bond acceptors (Lipinski definition) is 5. The summed E-state index contributed by atoms with van der Waals surface area (Å²) < 4.78 is 9.56. The van der Waals surface area contributed by atoms with E-state index in [-0.39, 0.29) is 0 Å². The summed E-state index contributed by atoms with van der Waals surface area (Å²) in [5.74, 6) is -5.20. The molecule has 1 aliphatic carbocycles. The third-order valence-electron chi connectivity index (χ3n) is 2.42. The fraction of sp³-hybridized carbons (Fsp3) is 0.364. The number of rotatable bonds is 4. The van der Waals surface area contributed by atoms with Gasteiger partial charge in [0.2, 0.25) is 11.6 Å². The third kappa shape index (κ3) is 2.62. The summed E-state index contributed by atoms with van der Waals surface area (Å²) >= 11 is 0. The molecule has 2 atom stereocenters. The van der Waals surface area contributed by atoms with Crippen LogP contribution in [0.5, 0.6) is 0 Å². The van der Waals surface area contributed by atoms with E-state index in [9.17, 15) is 15.0 Å². The Hall–Kier alpha value is -1.47. The van der Waals surface area contributed by atoms with E-state index in [1.807, 2.05) is 0 Å². The molecule has 17 heavy (non-hydrogen) atoms. The lowest BCUT2D eigenvalue weighted by molar-refractivity contribution is -0.327. The summed E-state index contributed by atoms with van der Waals surface area (Å²) in [6.45, 7) is 0. The Kier molecular flexibility index (Phi) is 3.84. The molecule has 0 aromatic heterocycles. The molecule has 0 radical (unpaired) electrons. The molecule has 2 unspecified atom stereocenters. The van der Waals surface area contributed by atoms with Crippen molar-refractivity contribution in [3.8, 4) is 0 Å². The zero-order valence-electron chi connectivity index (χ0n) is 9.45. The van der Waals surface area contributed by atoms with Crippen LogP contribution in [0.2, 0.25) is 0 Å². The second-order valence-electron chi connectivity index (χ2n) is 3.45. The van der Waals surface area contributed by atoms with Gasteiger partial charge in [-0.1, -0.05) is 6.08 Å². The quantitative estimate of drug-likeness (QED) is 0.466. The molecule has 0 fully saturated rings. The highest BCUT2D eigenvalue weighted by molar-refractivity contribution is 5.80. The van der Waals surface area contributed by atoms with Crippen molar-refractivity contribution >= 4 is 5.97 Å². The van der Waals surface area contributed by atoms with E-state index in [2.05, 4.69) is 0 Å². The lowest BCUT2D eigenvalue weighted by atomic mass is 9.95. The van der Waals surface area contributed by atoms with E-state index >= 15 is 0 Å². The Morgan fingerprint density at radius 2 is 1.88 bits per heavy atom. The number of carboxylic acids is 1. The Balaban J connectivity index is 3.06. The largest absolute Gasteiger partial charge is 0.478 e. The molecule has 3 N–H and O–H groups in total. The molecule has 94 valence electrons. The van der Waals surface area contributed by atoms with Crippen molar-refractivity contribution in [1.82, 2.24) is 0 Å². The molecule has 1 rings (SSSR count). The Labute approximate surface area is 98.1 Å². The first-order chi connectivity index (χ1) is 7.87. The van der Waals surface area contributed by atoms with Gasteiger partial charge in [-0.2, -0.15) is 0 Å². The Morgan fingerprint density at radius 1 is 1.29 bits per heavy atom. The van der Waals surface area contributed by atoms with E-state index in [0.29, 0.717) is 5.57 Å². The van der Waals surface area contributed by atoms with Crippen LogP contribution in [0.1, 0.15) is 0 Å². The molecule has 6 nitrogen and oxygen atoms in total. The van der Waals surface area contributed by atoms with Gasteiger partial charge >= 0.3 is 5.97 Å². The standard InChI is InChI=1S/C11H14O6/c1-16-10(14)6-5-8(3-4-9(12)13)7-11(10,15)17-2/h3-7,14-15H,1-2H3,(H,12,13)/b4-3+. The van der Waals surface area contributed by atoms with Crippen LogP contribution in [-0.2, 0) is 14.3 Å². The Morgan fingerprint density at radius 3 is 2.35 bits per heavy atom. The van der Waals surface area contributed by atoms with Gasteiger partial charge in [-0.15, -0.1) is 0 Å². The molecule has 0 heterocycles. The maximum Gasteiger partial charge on any atom is 0.328 e. The van der Waals surface area contributed by atoms with Crippen molar-refractivity contribution in [2.24, 2.45) is 0 Å². The van der Waals surface area contributed by atoms with Crippen molar-refractivity contribution in [3.05, 3.63) is 36.0 Å². The van der Waals surface area contributed by atoms with Gasteiger partial charge in [0.1, 0.15) is 0 Å². The predicted molar refractivity (Wildman–Crippen MR) is 57.9 cm³/mol. The fourth-order valence-electron chi connectivity index (χ4n) is 1.40. The molecule has 0 saturated carbocycles. The minimum atomic E-state index is -2.07. The number of methoxy groups -OCH3 is 2. The van der Waals surface area contributed by atoms with Crippen molar-refractivity contribution in [2.45, 2.75) is 11.6 Å². The SMILES string of the molecule is COC1(O)C=CC(/C=C/C(=O)O)=CC1(O)OC. The first kappa shape index (κ1) is 13.6. The summed E-state index contributed by atoms with van der Waals surface area (Å²) in [7, 11) is 2.40. The van der Waals surface area contributed by atoms with Crippen molar-refractivity contribution in [3.63, 3.8) is 0 Å². The molecule has 0 bridgehead atoms. The summed E-state index contributed by atoms with van der Waals surface area (Å²) in [5, 5.41) is 28.4. The van der Waals surface area contributed by atoms with Gasteiger partial charge in [0.05, 0.1) is 0 Å². The van der Waals surface area contributed by atoms with E-state index in [1.165, 1.54) is 32.4 Å². The van der Waals surface area contributed by atoms with Crippen LogP contribution >= 0.6 is 0 Å². The summed E-state index contributed by atoms with van der Waals surface area (Å²) in [6, 6.07) is 0. The normalized spacial score (nSPS) is 32.8. The summed E-state index contributed by atoms with van der Waals surface area (Å²) in [5.41, 5.74) is 0.374. The molecule has 0 spiro atoms. The predicted octanol–water partition coefficient (Wildman–Crippen LogP) is -0.207. The van der Waals surface area contributed by atoms with Gasteiger partial charge in [0.25, 0.3) is 0 Å². The number of ether oxygens (including phenoxy) is 2. The van der Waals surface area contributed by atoms with Gasteiger partial charge in [0, 0.05) is 20.3 Å². The first-order valence-electron chi connectivity index (χ1n) is 4.75. The second-order valence-corrected chi connectivity index (χ2v) is 3.45. The lowest BCUT2D eigenvalue weighted by Crippen LogP contribution is -2.55. The van der Waals surface area contributed by atoms with Gasteiger partial charge in [0.15, 0.2) is 0 Å². The van der Waals surface area contributed by atoms with Crippen LogP contribution in [0.4, 0.5) is 0 Å². The highest BCUT2D eigenvalue weighted by Crippen LogP contribution is 2.32. The van der Waals surface area contributed by atoms with Crippen LogP contribution in [-0.4, -0.2) is 47.1 Å². The van der Waals surface area contributed by atoms with E-state index < -0.39 is 17.5 Å². The third-order valence-corrected chi connectivity index (χ3v) is 2.42. The minimum absolute atomic E-state index is 0.374. The van der Waals surface area contributed by atoms with Gasteiger partial charge in [-0.3, -0.25) is 0 Å². The monoisotopic (exact) mass is 242 g/mol. The molecular formula is C11H14O6. The summed E-state index contributed by atoms with van der Waals surface area (Å²) in [4.78, 5) is 10.4. The molecule has 0 aromatic carbocycles. The van der Waals surface area contributed by atoms with Crippen LogP contribution < -0.4 is 0 Å². The smallest absolute Gasteiger partial charge is 0.328 e. The maximum atomic E-state index is 10.4. The van der Waals surface area contributed by atoms with Crippen molar-refractivity contribution in [1.29, 1.82) is 0 Å². The van der Waals surface area contributed by atoms with Crippen LogP contribution in [0.3, 0.4) is 0 Å². The number of carboxylic acid groups (broad SMARTS) is 1. The number of aliphatic carboxylic acids is 1. The molecule has 6 heteroatoms. The molecule has 0 amide bonds. The maximum absolute atomic E-state index is 10.4. The number of allylic oxidation sites excluding steroid dienone is 3. The number of hydrogen-bond donors (Lipinski definition) is 3. The highest BCUT2D eigenvalue weighted by Gasteiger charge is 2.49. The van der Waals surface area contributed by atoms with E-state index in [4.69, 9.17) is 14.6 Å². The lowest BCUT2D eigenvalue weighted by Gasteiger charge is -2.38. The molecule has 0 aromatic rings. The van der Waals surface area contributed by atoms with E-state index in [0.717, 1.165) is 12.2 Å². The van der Waals surface area contributed by atoms with Crippen LogP contribution in [0.15, 0.2) is 36.0 Å². The van der Waals surface area contributed by atoms with E-state index in [1.54, 1.807) is 0 Å². The second kappa shape index (κ2) is 4.80. The zero-order valence-corrected chi connectivity index (χ0v) is 9.45. The number of aliphatic hydroxyl groups is 2. The first-order valence-corrected chi connectivity index (χ1v) is 4.75. The molecular weight excluding hydrogens is 228 g/mol. The van der Waals surface area contributed by atoms with Gasteiger partial charge < -0.3 is 24.8 Å². The molecule has 0 aliphatic heterocycles. The van der Waals surface area contributed by atoms with Gasteiger partial charge in [-0.05, 0) is 23.8 Å². The van der Waals surface area contributed by atoms with Gasteiger partial charge in [-0.25, -0.2) is 4.79 Å². The fourth-order valence-corrected chi connectivity index (χ4v) is 1.40. The summed E-state index contributed by atoms with van der Waals surface area (Å²) in [6.07, 6.45) is 5.92. The average Bonchev–Trinajstić information content (AvgIpc) is 2.30. The van der Waals surface area contributed by atoms with Crippen LogP contribution in [0.25, 0.3) is 0 Å². The minimum Gasteiger partial charge on any atom is -0.478 e. The van der Waals surface area contributed by atoms with Crippen molar-refractivity contribution in [2.75, 3.05) is 14.2 Å².